The number of carbonyl (C=O) groups excluding carboxylic acids is 1. The van der Waals surface area contributed by atoms with Crippen molar-refractivity contribution in [2.75, 3.05) is 13.1 Å². The number of piperidine rings is 1. The molecule has 0 spiro atoms. The van der Waals surface area contributed by atoms with Gasteiger partial charge in [-0.1, -0.05) is 18.2 Å². The van der Waals surface area contributed by atoms with Gasteiger partial charge in [0, 0.05) is 30.2 Å². The number of carbonyl (C=O) groups is 1. The van der Waals surface area contributed by atoms with Gasteiger partial charge in [0.25, 0.3) is 5.91 Å². The number of sulfonamides is 1. The van der Waals surface area contributed by atoms with E-state index in [2.05, 4.69) is 4.98 Å². The maximum Gasteiger partial charge on any atom is 0.256 e. The lowest BCUT2D eigenvalue weighted by molar-refractivity contribution is 0.0729. The molecule has 7 heteroatoms. The van der Waals surface area contributed by atoms with Crippen LogP contribution in [0.3, 0.4) is 0 Å². The van der Waals surface area contributed by atoms with E-state index >= 15 is 0 Å². The Hall–Kier alpha value is -1.86. The highest BCUT2D eigenvalue weighted by Crippen LogP contribution is 2.22. The Morgan fingerprint density at radius 2 is 2.10 bits per heavy atom. The number of hydrogen-bond donors (Lipinski definition) is 2. The zero-order chi connectivity index (χ0) is 15.0. The molecule has 0 bridgehead atoms. The molecule has 1 aromatic heterocycles. The topological polar surface area (TPSA) is 96.3 Å². The molecule has 1 amide bonds. The van der Waals surface area contributed by atoms with E-state index in [1.54, 1.807) is 11.1 Å². The molecule has 1 fully saturated rings. The average molecular weight is 307 g/mol. The summed E-state index contributed by atoms with van der Waals surface area (Å²) in [6, 6.07) is 7.54. The van der Waals surface area contributed by atoms with E-state index in [-0.39, 0.29) is 12.5 Å². The SMILES string of the molecule is NS(=O)(=O)C1CCCN(C(=O)c2c[nH]c3ccccc23)C1. The van der Waals surface area contributed by atoms with Crippen molar-refractivity contribution in [1.82, 2.24) is 9.88 Å². The van der Waals surface area contributed by atoms with Gasteiger partial charge in [-0.25, -0.2) is 13.6 Å². The Balaban J connectivity index is 1.88. The van der Waals surface area contributed by atoms with Crippen molar-refractivity contribution >= 4 is 26.8 Å². The lowest BCUT2D eigenvalue weighted by Gasteiger charge is -2.31. The Morgan fingerprint density at radius 3 is 2.86 bits per heavy atom. The number of primary sulfonamides is 1. The summed E-state index contributed by atoms with van der Waals surface area (Å²) in [6.07, 6.45) is 2.83. The molecular formula is C14H17N3O3S. The van der Waals surface area contributed by atoms with Crippen LogP contribution in [-0.4, -0.2) is 42.5 Å². The third-order valence-electron chi connectivity index (χ3n) is 3.95. The Labute approximate surface area is 123 Å². The van der Waals surface area contributed by atoms with Gasteiger partial charge in [-0.05, 0) is 18.9 Å². The second-order valence-electron chi connectivity index (χ2n) is 5.35. The van der Waals surface area contributed by atoms with Crippen LogP contribution in [0, 0.1) is 0 Å². The molecule has 2 aromatic rings. The van der Waals surface area contributed by atoms with Crippen LogP contribution in [0.2, 0.25) is 0 Å². The predicted molar refractivity (Wildman–Crippen MR) is 80.3 cm³/mol. The third kappa shape index (κ3) is 2.66. The number of aromatic amines is 1. The molecule has 1 atom stereocenters. The lowest BCUT2D eigenvalue weighted by atomic mass is 10.1. The fourth-order valence-corrected chi connectivity index (χ4v) is 3.69. The summed E-state index contributed by atoms with van der Waals surface area (Å²) < 4.78 is 23.0. The van der Waals surface area contributed by atoms with Crippen molar-refractivity contribution in [3.05, 3.63) is 36.0 Å². The molecule has 1 saturated heterocycles. The molecule has 1 aliphatic heterocycles. The number of fused-ring (bicyclic) bond motifs is 1. The molecule has 112 valence electrons. The average Bonchev–Trinajstić information content (AvgIpc) is 2.90. The Bertz CT molecular complexity index is 782. The fourth-order valence-electron chi connectivity index (χ4n) is 2.81. The fraction of sp³-hybridized carbons (Fsp3) is 0.357. The number of nitrogens with two attached hydrogens (primary N) is 1. The second-order valence-corrected chi connectivity index (χ2v) is 7.20. The van der Waals surface area contributed by atoms with Gasteiger partial charge in [0.15, 0.2) is 0 Å². The summed E-state index contributed by atoms with van der Waals surface area (Å²) in [7, 11) is -3.61. The summed E-state index contributed by atoms with van der Waals surface area (Å²) in [5, 5.41) is 5.39. The summed E-state index contributed by atoms with van der Waals surface area (Å²) in [4.78, 5) is 17.3. The molecule has 0 radical (unpaired) electrons. The van der Waals surface area contributed by atoms with Gasteiger partial charge < -0.3 is 9.88 Å². The smallest absolute Gasteiger partial charge is 0.256 e. The number of para-hydroxylation sites is 1. The van der Waals surface area contributed by atoms with Crippen LogP contribution < -0.4 is 5.14 Å². The van der Waals surface area contributed by atoms with Crippen molar-refractivity contribution in [2.45, 2.75) is 18.1 Å². The van der Waals surface area contributed by atoms with Crippen molar-refractivity contribution in [3.8, 4) is 0 Å². The van der Waals surface area contributed by atoms with Crippen LogP contribution in [0.1, 0.15) is 23.2 Å². The zero-order valence-electron chi connectivity index (χ0n) is 11.5. The monoisotopic (exact) mass is 307 g/mol. The van der Waals surface area contributed by atoms with E-state index in [1.807, 2.05) is 24.3 Å². The molecule has 6 nitrogen and oxygen atoms in total. The van der Waals surface area contributed by atoms with Gasteiger partial charge in [0.2, 0.25) is 10.0 Å². The van der Waals surface area contributed by atoms with E-state index < -0.39 is 15.3 Å². The molecule has 1 aromatic carbocycles. The van der Waals surface area contributed by atoms with E-state index in [0.717, 1.165) is 10.9 Å². The number of rotatable bonds is 2. The third-order valence-corrected chi connectivity index (χ3v) is 5.26. The standard InChI is InChI=1S/C14H17N3O3S/c15-21(19,20)10-4-3-7-17(9-10)14(18)12-8-16-13-6-2-1-5-11(12)13/h1-2,5-6,8,10,16H,3-4,7,9H2,(H2,15,19,20). The highest BCUT2D eigenvalue weighted by Gasteiger charge is 2.31. The van der Waals surface area contributed by atoms with Gasteiger partial charge in [-0.3, -0.25) is 4.79 Å². The predicted octanol–water partition coefficient (Wildman–Crippen LogP) is 1.06. The van der Waals surface area contributed by atoms with Crippen molar-refractivity contribution < 1.29 is 13.2 Å². The molecule has 0 aliphatic carbocycles. The van der Waals surface area contributed by atoms with E-state index in [4.69, 9.17) is 5.14 Å². The minimum atomic E-state index is -3.61. The van der Waals surface area contributed by atoms with Gasteiger partial charge >= 0.3 is 0 Å². The van der Waals surface area contributed by atoms with Crippen molar-refractivity contribution in [1.29, 1.82) is 0 Å². The summed E-state index contributed by atoms with van der Waals surface area (Å²) in [5.74, 6) is -0.152. The van der Waals surface area contributed by atoms with E-state index in [9.17, 15) is 13.2 Å². The molecule has 21 heavy (non-hydrogen) atoms. The number of amides is 1. The highest BCUT2D eigenvalue weighted by molar-refractivity contribution is 7.89. The zero-order valence-corrected chi connectivity index (χ0v) is 12.3. The minimum absolute atomic E-state index is 0.152. The number of H-pyrrole nitrogens is 1. The number of nitrogens with zero attached hydrogens (tertiary/aromatic N) is 1. The summed E-state index contributed by atoms with van der Waals surface area (Å²) in [5.41, 5.74) is 1.46. The molecule has 2 heterocycles. The van der Waals surface area contributed by atoms with Crippen LogP contribution in [0.5, 0.6) is 0 Å². The number of aromatic nitrogens is 1. The minimum Gasteiger partial charge on any atom is -0.360 e. The Kier molecular flexibility index (Phi) is 3.46. The van der Waals surface area contributed by atoms with Crippen LogP contribution >= 0.6 is 0 Å². The lowest BCUT2D eigenvalue weighted by Crippen LogP contribution is -2.47. The van der Waals surface area contributed by atoms with Crippen molar-refractivity contribution in [3.63, 3.8) is 0 Å². The number of hydrogen-bond acceptors (Lipinski definition) is 3. The molecule has 3 N–H and O–H groups in total. The van der Waals surface area contributed by atoms with Gasteiger partial charge in [0.1, 0.15) is 0 Å². The van der Waals surface area contributed by atoms with Gasteiger partial charge in [0.05, 0.1) is 10.8 Å². The first kappa shape index (κ1) is 14.1. The van der Waals surface area contributed by atoms with Gasteiger partial charge in [-0.15, -0.1) is 0 Å². The maximum atomic E-state index is 12.6. The largest absolute Gasteiger partial charge is 0.360 e. The van der Waals surface area contributed by atoms with Crippen LogP contribution in [0.4, 0.5) is 0 Å². The number of likely N-dealkylation sites (tertiary alicyclic amines) is 1. The van der Waals surface area contributed by atoms with Crippen LogP contribution in [0.15, 0.2) is 30.5 Å². The first-order valence-corrected chi connectivity index (χ1v) is 8.45. The molecule has 3 rings (SSSR count). The normalized spacial score (nSPS) is 19.9. The number of benzene rings is 1. The quantitative estimate of drug-likeness (QED) is 0.868. The Morgan fingerprint density at radius 1 is 1.33 bits per heavy atom. The summed E-state index contributed by atoms with van der Waals surface area (Å²) >= 11 is 0. The summed E-state index contributed by atoms with van der Waals surface area (Å²) in [6.45, 7) is 0.724. The van der Waals surface area contributed by atoms with Crippen LogP contribution in [0.25, 0.3) is 10.9 Å². The highest BCUT2D eigenvalue weighted by atomic mass is 32.2. The molecule has 1 aliphatic rings. The maximum absolute atomic E-state index is 12.6. The molecular weight excluding hydrogens is 290 g/mol. The molecule has 0 saturated carbocycles. The second kappa shape index (κ2) is 5.16. The first-order chi connectivity index (χ1) is 9.97. The van der Waals surface area contributed by atoms with Crippen molar-refractivity contribution in [2.24, 2.45) is 5.14 Å². The van der Waals surface area contributed by atoms with Gasteiger partial charge in [-0.2, -0.15) is 0 Å². The van der Waals surface area contributed by atoms with E-state index in [0.29, 0.717) is 24.9 Å². The van der Waals surface area contributed by atoms with E-state index in [1.165, 1.54) is 0 Å². The number of nitrogens with one attached hydrogen (secondary N) is 1. The first-order valence-electron chi connectivity index (χ1n) is 6.84. The van der Waals surface area contributed by atoms with Crippen LogP contribution in [-0.2, 0) is 10.0 Å². The molecule has 1 unspecified atom stereocenters.